The molecule has 3 heterocycles. The Kier molecular flexibility index (Phi) is 8.76. The molecule has 0 aliphatic carbocycles. The summed E-state index contributed by atoms with van der Waals surface area (Å²) >= 11 is 12.4. The summed E-state index contributed by atoms with van der Waals surface area (Å²) in [4.78, 5) is 27.7. The number of likely N-dealkylation sites (tertiary alicyclic amines) is 1. The van der Waals surface area contributed by atoms with Gasteiger partial charge in [-0.15, -0.1) is 11.3 Å². The number of benzene rings is 2. The first kappa shape index (κ1) is 29.2. The minimum Gasteiger partial charge on any atom is -0.494 e. The van der Waals surface area contributed by atoms with Gasteiger partial charge in [-0.2, -0.15) is 0 Å². The molecule has 1 aliphatic rings. The predicted molar refractivity (Wildman–Crippen MR) is 164 cm³/mol. The molecule has 0 bridgehead atoms. The fourth-order valence-electron chi connectivity index (χ4n) is 4.69. The highest BCUT2D eigenvalue weighted by atomic mass is 35.5. The summed E-state index contributed by atoms with van der Waals surface area (Å²) in [5.41, 5.74) is 1.06. The van der Waals surface area contributed by atoms with Gasteiger partial charge in [0.1, 0.15) is 8.55 Å². The lowest BCUT2D eigenvalue weighted by atomic mass is 10.1. The maximum atomic E-state index is 13.0. The molecule has 2 amide bonds. The standard InChI is InChI=1S/C27H27Cl2N5O5S2/c28-22-16-24(40-25(22)29)41(38,39)32-27(37)31-18-4-7-20(8-5-18)34-23(35)15-17-14-19(6-9-21(17)26(34)36)30-10-3-13-33-11-1-2-12-33/h4-9,14-16,30,36H,1-3,10-13H2,(H2,31,32,37). The highest BCUT2D eigenvalue weighted by Gasteiger charge is 2.22. The van der Waals surface area contributed by atoms with Gasteiger partial charge in [0, 0.05) is 29.4 Å². The van der Waals surface area contributed by atoms with Crippen molar-refractivity contribution >= 4 is 72.7 Å². The van der Waals surface area contributed by atoms with E-state index in [1.807, 2.05) is 16.9 Å². The van der Waals surface area contributed by atoms with E-state index < -0.39 is 21.6 Å². The second-order valence-corrected chi connectivity index (χ2v) is 13.5. The number of aromatic hydroxyl groups is 1. The van der Waals surface area contributed by atoms with Crippen LogP contribution in [0.25, 0.3) is 16.5 Å². The molecule has 2 aromatic carbocycles. The van der Waals surface area contributed by atoms with Crippen LogP contribution < -0.4 is 20.9 Å². The summed E-state index contributed by atoms with van der Waals surface area (Å²) in [5, 5.41) is 17.9. The van der Waals surface area contributed by atoms with E-state index in [0.717, 1.165) is 47.2 Å². The minimum atomic E-state index is -4.18. The first-order chi connectivity index (χ1) is 19.6. The number of amides is 2. The lowest BCUT2D eigenvalue weighted by Gasteiger charge is -2.15. The zero-order valence-electron chi connectivity index (χ0n) is 21.7. The highest BCUT2D eigenvalue weighted by molar-refractivity contribution is 7.92. The van der Waals surface area contributed by atoms with Crippen molar-refractivity contribution in [2.45, 2.75) is 23.5 Å². The van der Waals surface area contributed by atoms with Gasteiger partial charge in [-0.3, -0.25) is 4.79 Å². The van der Waals surface area contributed by atoms with E-state index >= 15 is 0 Å². The molecule has 2 aromatic heterocycles. The monoisotopic (exact) mass is 635 g/mol. The zero-order chi connectivity index (χ0) is 29.1. The van der Waals surface area contributed by atoms with E-state index in [-0.39, 0.29) is 25.1 Å². The average molecular weight is 637 g/mol. The number of hydrogen-bond acceptors (Lipinski definition) is 8. The number of aromatic nitrogens is 1. The summed E-state index contributed by atoms with van der Waals surface area (Å²) < 4.78 is 27.7. The van der Waals surface area contributed by atoms with Crippen LogP contribution in [0.5, 0.6) is 5.88 Å². The molecule has 0 spiro atoms. The molecule has 0 radical (unpaired) electrons. The quantitative estimate of drug-likeness (QED) is 0.179. The average Bonchev–Trinajstić information content (AvgIpc) is 3.57. The van der Waals surface area contributed by atoms with Crippen molar-refractivity contribution in [3.63, 3.8) is 0 Å². The molecule has 5 rings (SSSR count). The third kappa shape index (κ3) is 6.79. The predicted octanol–water partition coefficient (Wildman–Crippen LogP) is 5.47. The lowest BCUT2D eigenvalue weighted by Crippen LogP contribution is -2.33. The number of carbonyl (C=O) groups excluding carboxylic acids is 1. The van der Waals surface area contributed by atoms with E-state index in [0.29, 0.717) is 16.5 Å². The molecule has 14 heteroatoms. The largest absolute Gasteiger partial charge is 0.494 e. The maximum Gasteiger partial charge on any atom is 0.333 e. The van der Waals surface area contributed by atoms with Gasteiger partial charge in [-0.25, -0.2) is 22.5 Å². The molecule has 1 saturated heterocycles. The molecule has 1 fully saturated rings. The van der Waals surface area contributed by atoms with E-state index in [4.69, 9.17) is 23.2 Å². The second kappa shape index (κ2) is 12.3. The smallest absolute Gasteiger partial charge is 0.333 e. The summed E-state index contributed by atoms with van der Waals surface area (Å²) in [7, 11) is -4.18. The highest BCUT2D eigenvalue weighted by Crippen LogP contribution is 2.34. The zero-order valence-corrected chi connectivity index (χ0v) is 24.8. The Morgan fingerprint density at radius 2 is 1.71 bits per heavy atom. The summed E-state index contributed by atoms with van der Waals surface area (Å²) in [6.07, 6.45) is 3.56. The van der Waals surface area contributed by atoms with Gasteiger partial charge in [0.2, 0.25) is 5.88 Å². The van der Waals surface area contributed by atoms with Crippen LogP contribution in [0.4, 0.5) is 16.2 Å². The molecule has 216 valence electrons. The Morgan fingerprint density at radius 1 is 1.00 bits per heavy atom. The van der Waals surface area contributed by atoms with Gasteiger partial charge in [-0.05, 0) is 92.8 Å². The Hall–Kier alpha value is -3.29. The second-order valence-electron chi connectivity index (χ2n) is 9.57. The van der Waals surface area contributed by atoms with Crippen molar-refractivity contribution in [1.82, 2.24) is 14.2 Å². The van der Waals surface area contributed by atoms with Gasteiger partial charge < -0.3 is 20.6 Å². The third-order valence-electron chi connectivity index (χ3n) is 6.68. The van der Waals surface area contributed by atoms with Crippen molar-refractivity contribution in [1.29, 1.82) is 0 Å². The third-order valence-corrected chi connectivity index (χ3v) is 10.4. The SMILES string of the molecule is O=C(Nc1ccc(-n2c(O)c3ccc(NCCCN4CCCC4)cc3cc2=O)cc1)NS(=O)(=O)c1cc(Cl)c(Cl)s1. The number of anilines is 2. The van der Waals surface area contributed by atoms with Gasteiger partial charge in [0.15, 0.2) is 0 Å². The number of hydrogen-bond donors (Lipinski definition) is 4. The topological polar surface area (TPSA) is 133 Å². The van der Waals surface area contributed by atoms with E-state index in [1.54, 1.807) is 6.07 Å². The van der Waals surface area contributed by atoms with Crippen LogP contribution in [0.2, 0.25) is 9.36 Å². The van der Waals surface area contributed by atoms with Gasteiger partial charge in [0.05, 0.1) is 10.7 Å². The molecule has 1 aliphatic heterocycles. The van der Waals surface area contributed by atoms with Crippen molar-refractivity contribution in [2.75, 3.05) is 36.8 Å². The van der Waals surface area contributed by atoms with Crippen LogP contribution in [0, 0.1) is 0 Å². The van der Waals surface area contributed by atoms with Gasteiger partial charge in [0.25, 0.3) is 15.6 Å². The van der Waals surface area contributed by atoms with E-state index in [9.17, 15) is 23.1 Å². The van der Waals surface area contributed by atoms with Crippen LogP contribution >= 0.6 is 34.5 Å². The van der Waals surface area contributed by atoms with Crippen molar-refractivity contribution < 1.29 is 18.3 Å². The number of nitrogens with zero attached hydrogens (tertiary/aromatic N) is 2. The van der Waals surface area contributed by atoms with Crippen LogP contribution in [-0.4, -0.2) is 55.2 Å². The molecule has 0 unspecified atom stereocenters. The van der Waals surface area contributed by atoms with Crippen molar-refractivity contribution in [3.8, 4) is 11.6 Å². The van der Waals surface area contributed by atoms with Crippen LogP contribution in [-0.2, 0) is 10.0 Å². The van der Waals surface area contributed by atoms with Gasteiger partial charge in [-0.1, -0.05) is 23.2 Å². The molecule has 4 aromatic rings. The summed E-state index contributed by atoms with van der Waals surface area (Å²) in [6, 6.07) is 13.1. The first-order valence-corrected chi connectivity index (χ1v) is 15.9. The molecule has 0 atom stereocenters. The van der Waals surface area contributed by atoms with Crippen LogP contribution in [0.3, 0.4) is 0 Å². The first-order valence-electron chi connectivity index (χ1n) is 12.8. The van der Waals surface area contributed by atoms with E-state index in [2.05, 4.69) is 15.5 Å². The van der Waals surface area contributed by atoms with Gasteiger partial charge >= 0.3 is 6.03 Å². The molecule has 0 saturated carbocycles. The molecule has 10 nitrogen and oxygen atoms in total. The Morgan fingerprint density at radius 3 is 2.39 bits per heavy atom. The molecular weight excluding hydrogens is 609 g/mol. The molecular formula is C27H27Cl2N5O5S2. The van der Waals surface area contributed by atoms with Crippen molar-refractivity contribution in [2.24, 2.45) is 0 Å². The number of nitrogens with one attached hydrogen (secondary N) is 3. The fourth-order valence-corrected chi connectivity index (χ4v) is 7.48. The lowest BCUT2D eigenvalue weighted by molar-refractivity contribution is 0.256. The number of sulfonamides is 1. The minimum absolute atomic E-state index is 0.0700. The Bertz CT molecular complexity index is 1730. The maximum absolute atomic E-state index is 13.0. The number of halogens is 2. The number of fused-ring (bicyclic) bond motifs is 1. The van der Waals surface area contributed by atoms with Crippen LogP contribution in [0.1, 0.15) is 19.3 Å². The number of carbonyl (C=O) groups is 1. The summed E-state index contributed by atoms with van der Waals surface area (Å²) in [5.74, 6) is -0.217. The number of thiophene rings is 1. The molecule has 4 N–H and O–H groups in total. The number of pyridine rings is 1. The molecule has 41 heavy (non-hydrogen) atoms. The van der Waals surface area contributed by atoms with Crippen molar-refractivity contribution in [3.05, 3.63) is 74.3 Å². The number of urea groups is 1. The van der Waals surface area contributed by atoms with E-state index in [1.165, 1.54) is 56.3 Å². The number of rotatable bonds is 9. The van der Waals surface area contributed by atoms with Crippen LogP contribution in [0.15, 0.2) is 63.6 Å². The Balaban J connectivity index is 1.25. The normalized spacial score (nSPS) is 13.9. The fraction of sp³-hybridized carbons (Fsp3) is 0.259. The summed E-state index contributed by atoms with van der Waals surface area (Å²) in [6.45, 7) is 4.21. The Labute approximate surface area is 250 Å².